The first-order chi connectivity index (χ1) is 10.7. The second-order valence-corrected chi connectivity index (χ2v) is 6.75. The molecule has 0 heterocycles. The smallest absolute Gasteiger partial charge is 0.191 e. The highest BCUT2D eigenvalue weighted by molar-refractivity contribution is 14.0. The Balaban J connectivity index is 0.00000264. The fraction of sp³-hybridized carbons (Fsp3) is 0.588. The van der Waals surface area contributed by atoms with Gasteiger partial charge in [0, 0.05) is 24.9 Å². The molecule has 0 saturated heterocycles. The number of benzene rings is 1. The van der Waals surface area contributed by atoms with E-state index >= 15 is 0 Å². The van der Waals surface area contributed by atoms with Gasteiger partial charge < -0.3 is 15.4 Å². The molecule has 4 nitrogen and oxygen atoms in total. The summed E-state index contributed by atoms with van der Waals surface area (Å²) in [4.78, 5) is 4.33. The highest BCUT2D eigenvalue weighted by atomic mass is 127. The molecule has 2 rings (SSSR count). The van der Waals surface area contributed by atoms with Gasteiger partial charge in [-0.3, -0.25) is 4.99 Å². The summed E-state index contributed by atoms with van der Waals surface area (Å²) in [5.41, 5.74) is 1.27. The molecule has 0 spiro atoms. The van der Waals surface area contributed by atoms with Crippen molar-refractivity contribution in [3.05, 3.63) is 29.8 Å². The Morgan fingerprint density at radius 3 is 2.87 bits per heavy atom. The summed E-state index contributed by atoms with van der Waals surface area (Å²) >= 11 is 1.98. The van der Waals surface area contributed by atoms with Gasteiger partial charge in [0.1, 0.15) is 5.75 Å². The maximum absolute atomic E-state index is 5.25. The van der Waals surface area contributed by atoms with Crippen LogP contribution in [0.1, 0.15) is 24.8 Å². The van der Waals surface area contributed by atoms with Crippen LogP contribution in [-0.4, -0.2) is 44.2 Å². The molecule has 0 aromatic heterocycles. The third kappa shape index (κ3) is 6.79. The Bertz CT molecular complexity index is 498. The fourth-order valence-corrected chi connectivity index (χ4v) is 3.62. The maximum Gasteiger partial charge on any atom is 0.191 e. The van der Waals surface area contributed by atoms with Crippen molar-refractivity contribution in [2.45, 2.75) is 37.0 Å². The van der Waals surface area contributed by atoms with Gasteiger partial charge in [0.15, 0.2) is 5.96 Å². The Hall–Kier alpha value is -0.630. The van der Waals surface area contributed by atoms with Crippen molar-refractivity contribution < 1.29 is 4.74 Å². The molecular weight excluding hydrogens is 421 g/mol. The van der Waals surface area contributed by atoms with Gasteiger partial charge in [-0.25, -0.2) is 0 Å². The largest absolute Gasteiger partial charge is 0.497 e. The van der Waals surface area contributed by atoms with Gasteiger partial charge in [0.25, 0.3) is 0 Å². The molecule has 1 saturated carbocycles. The molecule has 0 amide bonds. The van der Waals surface area contributed by atoms with E-state index in [1.807, 2.05) is 30.9 Å². The van der Waals surface area contributed by atoms with Crippen molar-refractivity contribution in [1.29, 1.82) is 0 Å². The van der Waals surface area contributed by atoms with Crippen molar-refractivity contribution in [2.24, 2.45) is 4.99 Å². The standard InChI is InChI=1S/C17H27N3OS.HI/c1-18-17(20-14-7-8-16(12-14)22-3)19-10-9-13-5-4-6-15(11-13)21-2;/h4-6,11,14,16H,7-10,12H2,1-3H3,(H2,18,19,20);1H. The number of nitrogens with zero attached hydrogens (tertiary/aromatic N) is 1. The normalized spacial score (nSPS) is 20.7. The molecule has 6 heteroatoms. The average Bonchev–Trinajstić information content (AvgIpc) is 3.01. The third-order valence-electron chi connectivity index (χ3n) is 4.12. The minimum absolute atomic E-state index is 0. The number of nitrogens with one attached hydrogen (secondary N) is 2. The summed E-state index contributed by atoms with van der Waals surface area (Å²) in [6.07, 6.45) is 6.93. The molecule has 0 aliphatic heterocycles. The SMILES string of the molecule is CN=C(NCCc1cccc(OC)c1)NC1CCC(SC)C1.I. The molecule has 2 atom stereocenters. The third-order valence-corrected chi connectivity index (χ3v) is 5.22. The van der Waals surface area contributed by atoms with Gasteiger partial charge in [-0.05, 0) is 49.6 Å². The molecule has 1 aliphatic rings. The van der Waals surface area contributed by atoms with Gasteiger partial charge in [0.05, 0.1) is 7.11 Å². The topological polar surface area (TPSA) is 45.7 Å². The predicted molar refractivity (Wildman–Crippen MR) is 112 cm³/mol. The Morgan fingerprint density at radius 2 is 2.22 bits per heavy atom. The van der Waals surface area contributed by atoms with Crippen LogP contribution in [0.15, 0.2) is 29.3 Å². The molecule has 23 heavy (non-hydrogen) atoms. The molecule has 2 unspecified atom stereocenters. The van der Waals surface area contributed by atoms with Gasteiger partial charge in [-0.15, -0.1) is 24.0 Å². The van der Waals surface area contributed by atoms with Crippen LogP contribution in [0.2, 0.25) is 0 Å². The summed E-state index contributed by atoms with van der Waals surface area (Å²) in [6, 6.07) is 8.76. The van der Waals surface area contributed by atoms with Crippen LogP contribution in [-0.2, 0) is 6.42 Å². The lowest BCUT2D eigenvalue weighted by atomic mass is 10.1. The lowest BCUT2D eigenvalue weighted by Gasteiger charge is -2.17. The van der Waals surface area contributed by atoms with Crippen molar-refractivity contribution in [1.82, 2.24) is 10.6 Å². The van der Waals surface area contributed by atoms with E-state index in [4.69, 9.17) is 4.74 Å². The number of ether oxygens (including phenoxy) is 1. The molecule has 0 bridgehead atoms. The molecule has 1 aliphatic carbocycles. The van der Waals surface area contributed by atoms with Crippen molar-refractivity contribution >= 4 is 41.7 Å². The Morgan fingerprint density at radius 1 is 1.39 bits per heavy atom. The first-order valence-corrected chi connectivity index (χ1v) is 9.17. The van der Waals surface area contributed by atoms with Crippen LogP contribution >= 0.6 is 35.7 Å². The minimum Gasteiger partial charge on any atom is -0.497 e. The van der Waals surface area contributed by atoms with Gasteiger partial charge in [-0.1, -0.05) is 12.1 Å². The van der Waals surface area contributed by atoms with Crippen LogP contribution in [0, 0.1) is 0 Å². The number of methoxy groups -OCH3 is 1. The second-order valence-electron chi connectivity index (χ2n) is 5.61. The van der Waals surface area contributed by atoms with E-state index in [0.717, 1.165) is 29.9 Å². The molecular formula is C17H28IN3OS. The second kappa shape index (κ2) is 11.0. The quantitative estimate of drug-likeness (QED) is 0.398. The summed E-state index contributed by atoms with van der Waals surface area (Å²) in [6.45, 7) is 0.867. The lowest BCUT2D eigenvalue weighted by molar-refractivity contribution is 0.414. The van der Waals surface area contributed by atoms with Crippen LogP contribution in [0.5, 0.6) is 5.75 Å². The highest BCUT2D eigenvalue weighted by Crippen LogP contribution is 2.27. The zero-order valence-corrected chi connectivity index (χ0v) is 17.3. The van der Waals surface area contributed by atoms with Crippen LogP contribution in [0.3, 0.4) is 0 Å². The number of guanidine groups is 1. The van der Waals surface area contributed by atoms with Gasteiger partial charge >= 0.3 is 0 Å². The molecule has 2 N–H and O–H groups in total. The highest BCUT2D eigenvalue weighted by Gasteiger charge is 2.24. The number of thioether (sulfide) groups is 1. The van der Waals surface area contributed by atoms with Gasteiger partial charge in [0.2, 0.25) is 0 Å². The number of halogens is 1. The molecule has 130 valence electrons. The van der Waals surface area contributed by atoms with Crippen molar-refractivity contribution in [3.8, 4) is 5.75 Å². The zero-order valence-electron chi connectivity index (χ0n) is 14.2. The van der Waals surface area contributed by atoms with Crippen LogP contribution < -0.4 is 15.4 Å². The van der Waals surface area contributed by atoms with Crippen molar-refractivity contribution in [2.75, 3.05) is 27.0 Å². The molecule has 0 radical (unpaired) electrons. The summed E-state index contributed by atoms with van der Waals surface area (Å²) < 4.78 is 5.25. The maximum atomic E-state index is 5.25. The van der Waals surface area contributed by atoms with Gasteiger partial charge in [-0.2, -0.15) is 11.8 Å². The number of aliphatic imine (C=N–C) groups is 1. The Labute approximate surface area is 161 Å². The first-order valence-electron chi connectivity index (χ1n) is 7.88. The van der Waals surface area contributed by atoms with E-state index in [0.29, 0.717) is 6.04 Å². The monoisotopic (exact) mass is 449 g/mol. The summed E-state index contributed by atoms with van der Waals surface area (Å²) in [7, 11) is 3.54. The van der Waals surface area contributed by atoms with E-state index in [-0.39, 0.29) is 24.0 Å². The number of hydrogen-bond donors (Lipinski definition) is 2. The molecule has 1 aromatic carbocycles. The van der Waals surface area contributed by atoms with Crippen LogP contribution in [0.4, 0.5) is 0 Å². The summed E-state index contributed by atoms with van der Waals surface area (Å²) in [5.74, 6) is 1.82. The minimum atomic E-state index is 0. The number of hydrogen-bond acceptors (Lipinski definition) is 3. The molecule has 1 fully saturated rings. The first kappa shape index (κ1) is 20.4. The van der Waals surface area contributed by atoms with E-state index in [1.54, 1.807) is 7.11 Å². The van der Waals surface area contributed by atoms with E-state index in [1.165, 1.54) is 24.8 Å². The molecule has 1 aromatic rings. The van der Waals surface area contributed by atoms with E-state index in [2.05, 4.69) is 34.0 Å². The lowest BCUT2D eigenvalue weighted by Crippen LogP contribution is -2.43. The zero-order chi connectivity index (χ0) is 15.8. The van der Waals surface area contributed by atoms with Crippen LogP contribution in [0.25, 0.3) is 0 Å². The Kier molecular flexibility index (Phi) is 9.78. The van der Waals surface area contributed by atoms with Crippen molar-refractivity contribution in [3.63, 3.8) is 0 Å². The average molecular weight is 449 g/mol. The predicted octanol–water partition coefficient (Wildman–Crippen LogP) is 3.30. The fourth-order valence-electron chi connectivity index (χ4n) is 2.83. The van der Waals surface area contributed by atoms with E-state index < -0.39 is 0 Å². The summed E-state index contributed by atoms with van der Waals surface area (Å²) in [5, 5.41) is 7.74. The van der Waals surface area contributed by atoms with E-state index in [9.17, 15) is 0 Å². The number of rotatable bonds is 6.